The highest BCUT2D eigenvalue weighted by molar-refractivity contribution is 5.99. The van der Waals surface area contributed by atoms with E-state index in [0.717, 1.165) is 36.8 Å². The summed E-state index contributed by atoms with van der Waals surface area (Å²) in [5, 5.41) is 20.6. The second-order valence-corrected chi connectivity index (χ2v) is 13.8. The maximum absolute atomic E-state index is 14.5. The largest absolute Gasteiger partial charge is 0.481 e. The van der Waals surface area contributed by atoms with E-state index in [2.05, 4.69) is 0 Å². The van der Waals surface area contributed by atoms with Crippen molar-refractivity contribution >= 4 is 23.8 Å². The number of para-hydroxylation sites is 2. The Morgan fingerprint density at radius 3 is 1.13 bits per heavy atom. The topological polar surface area (TPSA) is 134 Å². The molecule has 0 aromatic heterocycles. The van der Waals surface area contributed by atoms with Crippen LogP contribution in [0, 0.1) is 23.7 Å². The molecule has 54 heavy (non-hydrogen) atoms. The lowest BCUT2D eigenvalue weighted by atomic mass is 9.55. The number of unbranched alkanes of at least 4 members (excludes halogenated alkanes) is 4. The molecule has 0 bridgehead atoms. The lowest BCUT2D eigenvalue weighted by Gasteiger charge is -2.48. The van der Waals surface area contributed by atoms with Gasteiger partial charge in [-0.15, -0.1) is 0 Å². The van der Waals surface area contributed by atoms with Gasteiger partial charge in [-0.25, -0.2) is 0 Å². The van der Waals surface area contributed by atoms with Gasteiger partial charge in [-0.2, -0.15) is 0 Å². The van der Waals surface area contributed by atoms with Crippen molar-refractivity contribution in [3.8, 4) is 23.0 Å². The molecular formula is C44H50N2O8. The first-order valence-corrected chi connectivity index (χ1v) is 18.9. The number of carboxylic acids is 2. The molecule has 1 saturated carbocycles. The maximum Gasteiger partial charge on any atom is 0.308 e. The third kappa shape index (κ3) is 10.3. The molecule has 0 unspecified atom stereocenters. The van der Waals surface area contributed by atoms with Crippen LogP contribution in [-0.2, 0) is 32.3 Å². The van der Waals surface area contributed by atoms with E-state index in [9.17, 15) is 29.4 Å². The smallest absolute Gasteiger partial charge is 0.308 e. The van der Waals surface area contributed by atoms with E-state index in [4.69, 9.17) is 9.47 Å². The van der Waals surface area contributed by atoms with Crippen LogP contribution in [0.2, 0.25) is 0 Å². The Morgan fingerprint density at radius 2 is 0.815 bits per heavy atom. The Morgan fingerprint density at radius 1 is 0.481 bits per heavy atom. The highest BCUT2D eigenvalue weighted by atomic mass is 16.5. The number of hydrogen-bond acceptors (Lipinski definition) is 6. The van der Waals surface area contributed by atoms with Gasteiger partial charge in [-0.1, -0.05) is 100 Å². The van der Waals surface area contributed by atoms with Crippen LogP contribution in [0.3, 0.4) is 0 Å². The molecule has 1 aliphatic carbocycles. The van der Waals surface area contributed by atoms with Crippen molar-refractivity contribution < 1.29 is 38.9 Å². The molecule has 5 rings (SSSR count). The molecular weight excluding hydrogens is 684 g/mol. The summed E-state index contributed by atoms with van der Waals surface area (Å²) < 4.78 is 11.9. The molecule has 4 atom stereocenters. The lowest BCUT2D eigenvalue weighted by molar-refractivity contribution is -0.187. The summed E-state index contributed by atoms with van der Waals surface area (Å²) in [6, 6.07) is 33.4. The van der Waals surface area contributed by atoms with Gasteiger partial charge < -0.3 is 29.5 Å². The van der Waals surface area contributed by atoms with Gasteiger partial charge in [0, 0.05) is 26.2 Å². The third-order valence-corrected chi connectivity index (χ3v) is 9.93. The number of aliphatic carboxylic acids is 2. The van der Waals surface area contributed by atoms with Crippen molar-refractivity contribution in [2.75, 3.05) is 13.1 Å². The summed E-state index contributed by atoms with van der Waals surface area (Å²) in [6.07, 6.45) is 4.86. The van der Waals surface area contributed by atoms with Gasteiger partial charge in [0.05, 0.1) is 23.7 Å². The summed E-state index contributed by atoms with van der Waals surface area (Å²) in [4.78, 5) is 57.5. The Bertz CT molecular complexity index is 1680. The average molecular weight is 735 g/mol. The van der Waals surface area contributed by atoms with Gasteiger partial charge in [-0.05, 0) is 72.5 Å². The zero-order valence-electron chi connectivity index (χ0n) is 31.0. The minimum absolute atomic E-state index is 0.174. The first kappa shape index (κ1) is 39.6. The number of amides is 2. The minimum atomic E-state index is -1.54. The average Bonchev–Trinajstić information content (AvgIpc) is 3.15. The monoisotopic (exact) mass is 734 g/mol. The molecule has 0 spiro atoms. The molecule has 10 heteroatoms. The molecule has 284 valence electrons. The molecule has 1 fully saturated rings. The zero-order chi connectivity index (χ0) is 38.5. The molecule has 2 amide bonds. The van der Waals surface area contributed by atoms with Crippen LogP contribution < -0.4 is 9.47 Å². The summed E-state index contributed by atoms with van der Waals surface area (Å²) in [5.74, 6) is -6.93. The number of ether oxygens (including phenoxy) is 2. The van der Waals surface area contributed by atoms with Crippen LogP contribution in [0.15, 0.2) is 109 Å². The van der Waals surface area contributed by atoms with Crippen molar-refractivity contribution in [2.45, 2.75) is 65.5 Å². The lowest BCUT2D eigenvalue weighted by Crippen LogP contribution is -2.64. The van der Waals surface area contributed by atoms with Gasteiger partial charge in [-0.3, -0.25) is 19.2 Å². The number of benzene rings is 4. The standard InChI is InChI=1S/C44H50N2O8/c1-3-5-13-27-45(29-31-19-23-35(24-20-31)53-33-15-9-7-10-16-33)41(47)37-38(40(44(51)52)39(37)43(49)50)42(48)46(28-14-6-4-2)30-32-21-25-36(26-22-32)54-34-17-11-8-12-18-34/h7-12,15-26,37-40H,3-6,13-14,27-30H2,1-2H3,(H,49,50)(H,51,52)/t37-,38-,39-,40-/m0/s1. The number of rotatable bonds is 20. The van der Waals surface area contributed by atoms with E-state index in [1.165, 1.54) is 0 Å². The molecule has 0 saturated heterocycles. The van der Waals surface area contributed by atoms with E-state index in [1.54, 1.807) is 9.80 Å². The SMILES string of the molecule is CCCCCN(Cc1ccc(Oc2ccccc2)cc1)C(=O)[C@@H]1[C@H](C(=O)O)[C@@H](C(=O)O)[C@H]1C(=O)N(CCCCC)Cc1ccc(Oc2ccccc2)cc1. The Labute approximate surface area is 317 Å². The van der Waals surface area contributed by atoms with Crippen LogP contribution in [-0.4, -0.2) is 56.9 Å². The fourth-order valence-electron chi connectivity index (χ4n) is 7.05. The van der Waals surface area contributed by atoms with Crippen LogP contribution in [0.4, 0.5) is 0 Å². The van der Waals surface area contributed by atoms with E-state index in [-0.39, 0.29) is 13.1 Å². The van der Waals surface area contributed by atoms with Crippen molar-refractivity contribution in [1.82, 2.24) is 9.80 Å². The van der Waals surface area contributed by atoms with Gasteiger partial charge in [0.2, 0.25) is 11.8 Å². The van der Waals surface area contributed by atoms with Crippen LogP contribution in [0.25, 0.3) is 0 Å². The van der Waals surface area contributed by atoms with Crippen molar-refractivity contribution in [3.05, 3.63) is 120 Å². The van der Waals surface area contributed by atoms with Gasteiger partial charge in [0.15, 0.2) is 0 Å². The van der Waals surface area contributed by atoms with E-state index >= 15 is 0 Å². The summed E-state index contributed by atoms with van der Waals surface area (Å²) >= 11 is 0. The number of nitrogens with zero attached hydrogens (tertiary/aromatic N) is 2. The van der Waals surface area contributed by atoms with E-state index in [1.807, 2.05) is 123 Å². The van der Waals surface area contributed by atoms with Crippen molar-refractivity contribution in [3.63, 3.8) is 0 Å². The summed E-state index contributed by atoms with van der Waals surface area (Å²) in [7, 11) is 0. The fraction of sp³-hybridized carbons (Fsp3) is 0.364. The summed E-state index contributed by atoms with van der Waals surface area (Å²) in [6.45, 7) is 5.13. The number of hydrogen-bond donors (Lipinski definition) is 2. The molecule has 10 nitrogen and oxygen atoms in total. The van der Waals surface area contributed by atoms with Crippen LogP contribution in [0.5, 0.6) is 23.0 Å². The molecule has 0 radical (unpaired) electrons. The van der Waals surface area contributed by atoms with Gasteiger partial charge in [0.1, 0.15) is 23.0 Å². The van der Waals surface area contributed by atoms with Gasteiger partial charge in [0.25, 0.3) is 0 Å². The minimum Gasteiger partial charge on any atom is -0.481 e. The number of carbonyl (C=O) groups is 4. The highest BCUT2D eigenvalue weighted by Gasteiger charge is 2.64. The Kier molecular flexibility index (Phi) is 14.2. The molecule has 4 aromatic carbocycles. The highest BCUT2D eigenvalue weighted by Crippen LogP contribution is 2.49. The van der Waals surface area contributed by atoms with E-state index < -0.39 is 47.4 Å². The molecule has 2 N–H and O–H groups in total. The molecule has 1 aliphatic rings. The molecule has 0 aliphatic heterocycles. The zero-order valence-corrected chi connectivity index (χ0v) is 31.0. The Balaban J connectivity index is 1.39. The summed E-state index contributed by atoms with van der Waals surface area (Å²) in [5.41, 5.74) is 1.59. The molecule has 4 aromatic rings. The first-order chi connectivity index (χ1) is 26.2. The Hall–Kier alpha value is -5.64. The fourth-order valence-corrected chi connectivity index (χ4v) is 7.05. The third-order valence-electron chi connectivity index (χ3n) is 9.93. The second-order valence-electron chi connectivity index (χ2n) is 13.8. The predicted octanol–water partition coefficient (Wildman–Crippen LogP) is 8.66. The number of carboxylic acid groups (broad SMARTS) is 2. The first-order valence-electron chi connectivity index (χ1n) is 18.9. The van der Waals surface area contributed by atoms with Crippen molar-refractivity contribution in [2.24, 2.45) is 23.7 Å². The van der Waals surface area contributed by atoms with E-state index in [0.29, 0.717) is 48.9 Å². The second kappa shape index (κ2) is 19.4. The maximum atomic E-state index is 14.5. The van der Waals surface area contributed by atoms with Gasteiger partial charge >= 0.3 is 11.9 Å². The van der Waals surface area contributed by atoms with Crippen LogP contribution in [0.1, 0.15) is 63.5 Å². The van der Waals surface area contributed by atoms with Crippen LogP contribution >= 0.6 is 0 Å². The molecule has 0 heterocycles. The normalized spacial score (nSPS) is 17.5. The predicted molar refractivity (Wildman–Crippen MR) is 205 cm³/mol. The van der Waals surface area contributed by atoms with Crippen molar-refractivity contribution in [1.29, 1.82) is 0 Å². The quantitative estimate of drug-likeness (QED) is 0.0863. The number of carbonyl (C=O) groups excluding carboxylic acids is 2.